The van der Waals surface area contributed by atoms with Crippen LogP contribution in [0.3, 0.4) is 0 Å². The van der Waals surface area contributed by atoms with Crippen LogP contribution in [-0.2, 0) is 4.79 Å². The van der Waals surface area contributed by atoms with Gasteiger partial charge >= 0.3 is 0 Å². The number of nitrogens with one attached hydrogen (secondary N) is 2. The second-order valence-corrected chi connectivity index (χ2v) is 10.8. The fraction of sp³-hybridized carbons (Fsp3) is 0.920. The van der Waals surface area contributed by atoms with E-state index in [4.69, 9.17) is 0 Å². The fourth-order valence-corrected chi connectivity index (χ4v) is 6.33. The number of carbonyl (C=O) groups is 1. The highest BCUT2D eigenvalue weighted by molar-refractivity contribution is 5.81. The molecule has 0 spiro atoms. The van der Waals surface area contributed by atoms with Crippen LogP contribution in [0, 0.1) is 5.92 Å². The van der Waals surface area contributed by atoms with Crippen LogP contribution in [0.2, 0.25) is 0 Å². The lowest BCUT2D eigenvalue weighted by Crippen LogP contribution is -2.62. The molecule has 4 aliphatic rings. The molecule has 1 saturated carbocycles. The largest absolute Gasteiger partial charge is 0.355 e. The molecule has 1 aliphatic carbocycles. The Bertz CT molecular complexity index is 632. The van der Waals surface area contributed by atoms with Gasteiger partial charge in [-0.15, -0.1) is 0 Å². The van der Waals surface area contributed by atoms with Crippen LogP contribution in [0.4, 0.5) is 0 Å². The quantitative estimate of drug-likeness (QED) is 0.501. The van der Waals surface area contributed by atoms with E-state index < -0.39 is 0 Å². The molecule has 0 aromatic rings. The predicted molar refractivity (Wildman–Crippen MR) is 131 cm³/mol. The molecule has 182 valence electrons. The van der Waals surface area contributed by atoms with Gasteiger partial charge in [0.25, 0.3) is 0 Å². The SMILES string of the molecule is CN=C(NCC1(N2CCCCC2)CCN(C)CC1)NC1CCN(C(=O)C2CCCCC2)C1. The zero-order valence-electron chi connectivity index (χ0n) is 20.6. The monoisotopic (exact) mass is 446 g/mol. The van der Waals surface area contributed by atoms with Crippen LogP contribution in [0.15, 0.2) is 4.99 Å². The third-order valence-electron chi connectivity index (χ3n) is 8.55. The van der Waals surface area contributed by atoms with Gasteiger partial charge in [0.1, 0.15) is 0 Å². The summed E-state index contributed by atoms with van der Waals surface area (Å²) in [5.41, 5.74) is 0.239. The molecule has 3 aliphatic heterocycles. The van der Waals surface area contributed by atoms with Crippen molar-refractivity contribution in [1.29, 1.82) is 0 Å². The summed E-state index contributed by atoms with van der Waals surface area (Å²) in [5.74, 6) is 1.57. The average Bonchev–Trinajstić information content (AvgIpc) is 3.32. The summed E-state index contributed by atoms with van der Waals surface area (Å²) in [4.78, 5) is 24.8. The minimum Gasteiger partial charge on any atom is -0.355 e. The zero-order valence-corrected chi connectivity index (χ0v) is 20.6. The minimum atomic E-state index is 0.239. The maximum absolute atomic E-state index is 12.9. The predicted octanol–water partition coefficient (Wildman–Crippen LogP) is 2.28. The van der Waals surface area contributed by atoms with Crippen LogP contribution in [-0.4, -0.2) is 98.1 Å². The fourth-order valence-electron chi connectivity index (χ4n) is 6.33. The first-order valence-electron chi connectivity index (χ1n) is 13.3. The highest BCUT2D eigenvalue weighted by Crippen LogP contribution is 2.31. The lowest BCUT2D eigenvalue weighted by atomic mass is 9.84. The van der Waals surface area contributed by atoms with Crippen molar-refractivity contribution in [2.75, 3.05) is 59.9 Å². The van der Waals surface area contributed by atoms with Crippen molar-refractivity contribution in [1.82, 2.24) is 25.3 Å². The Morgan fingerprint density at radius 2 is 1.62 bits per heavy atom. The van der Waals surface area contributed by atoms with Gasteiger partial charge in [-0.3, -0.25) is 14.7 Å². The van der Waals surface area contributed by atoms with Crippen molar-refractivity contribution < 1.29 is 4.79 Å². The number of rotatable bonds is 5. The van der Waals surface area contributed by atoms with E-state index in [0.29, 0.717) is 11.9 Å². The Hall–Kier alpha value is -1.34. The Morgan fingerprint density at radius 1 is 0.938 bits per heavy atom. The highest BCUT2D eigenvalue weighted by Gasteiger charge is 2.40. The summed E-state index contributed by atoms with van der Waals surface area (Å²) in [6.45, 7) is 7.47. The summed E-state index contributed by atoms with van der Waals surface area (Å²) in [7, 11) is 4.12. The molecule has 4 fully saturated rings. The molecule has 7 heteroatoms. The van der Waals surface area contributed by atoms with Crippen molar-refractivity contribution in [3.05, 3.63) is 0 Å². The molecule has 2 N–H and O–H groups in total. The standard InChI is InChI=1S/C25H46N6O/c1-26-24(28-22-11-16-30(19-22)23(32)21-9-5-3-6-10-21)27-20-25(12-17-29(2)18-13-25)31-14-7-4-8-15-31/h21-22H,3-20H2,1-2H3,(H2,26,27,28). The molecule has 7 nitrogen and oxygen atoms in total. The van der Waals surface area contributed by atoms with Gasteiger partial charge in [0.2, 0.25) is 5.91 Å². The Balaban J connectivity index is 1.29. The van der Waals surface area contributed by atoms with Gasteiger partial charge in [0.05, 0.1) is 0 Å². The summed E-state index contributed by atoms with van der Waals surface area (Å²) < 4.78 is 0. The molecule has 3 heterocycles. The minimum absolute atomic E-state index is 0.239. The topological polar surface area (TPSA) is 63.2 Å². The molecule has 1 atom stereocenters. The van der Waals surface area contributed by atoms with Gasteiger partial charge in [-0.05, 0) is 78.2 Å². The Morgan fingerprint density at radius 3 is 2.31 bits per heavy atom. The lowest BCUT2D eigenvalue weighted by Gasteiger charge is -2.50. The number of amides is 1. The van der Waals surface area contributed by atoms with E-state index in [0.717, 1.165) is 44.9 Å². The average molecular weight is 447 g/mol. The highest BCUT2D eigenvalue weighted by atomic mass is 16.2. The molecule has 1 amide bonds. The first-order valence-corrected chi connectivity index (χ1v) is 13.3. The molecule has 32 heavy (non-hydrogen) atoms. The van der Waals surface area contributed by atoms with Crippen LogP contribution in [0.5, 0.6) is 0 Å². The van der Waals surface area contributed by atoms with E-state index >= 15 is 0 Å². The normalized spacial score (nSPS) is 28.6. The number of nitrogens with zero attached hydrogens (tertiary/aromatic N) is 4. The number of hydrogen-bond acceptors (Lipinski definition) is 4. The van der Waals surface area contributed by atoms with Crippen molar-refractivity contribution in [2.45, 2.75) is 82.2 Å². The second kappa shape index (κ2) is 11.2. The number of likely N-dealkylation sites (tertiary alicyclic amines) is 3. The first-order chi connectivity index (χ1) is 15.6. The van der Waals surface area contributed by atoms with E-state index in [1.807, 2.05) is 7.05 Å². The van der Waals surface area contributed by atoms with E-state index in [-0.39, 0.29) is 11.5 Å². The van der Waals surface area contributed by atoms with Gasteiger partial charge in [-0.1, -0.05) is 25.7 Å². The van der Waals surface area contributed by atoms with Crippen LogP contribution >= 0.6 is 0 Å². The van der Waals surface area contributed by atoms with Crippen molar-refractivity contribution in [3.63, 3.8) is 0 Å². The van der Waals surface area contributed by atoms with Gasteiger partial charge in [0, 0.05) is 44.2 Å². The first kappa shape index (κ1) is 23.8. The van der Waals surface area contributed by atoms with E-state index in [9.17, 15) is 4.79 Å². The Kier molecular flexibility index (Phi) is 8.32. The lowest BCUT2D eigenvalue weighted by molar-refractivity contribution is -0.135. The van der Waals surface area contributed by atoms with Crippen molar-refractivity contribution >= 4 is 11.9 Å². The van der Waals surface area contributed by atoms with Gasteiger partial charge in [-0.25, -0.2) is 0 Å². The third kappa shape index (κ3) is 5.77. The van der Waals surface area contributed by atoms with E-state index in [2.05, 4.69) is 37.4 Å². The molecule has 0 aromatic heterocycles. The van der Waals surface area contributed by atoms with Crippen molar-refractivity contribution in [3.8, 4) is 0 Å². The van der Waals surface area contributed by atoms with E-state index in [1.165, 1.54) is 77.5 Å². The maximum atomic E-state index is 12.9. The summed E-state index contributed by atoms with van der Waals surface area (Å²) in [6.07, 6.45) is 13.4. The zero-order chi connectivity index (χ0) is 22.4. The molecule has 4 rings (SSSR count). The van der Waals surface area contributed by atoms with Gasteiger partial charge in [-0.2, -0.15) is 0 Å². The van der Waals surface area contributed by atoms with Crippen LogP contribution in [0.1, 0.15) is 70.6 Å². The summed E-state index contributed by atoms with van der Waals surface area (Å²) in [5, 5.41) is 7.34. The number of hydrogen-bond donors (Lipinski definition) is 2. The molecule has 0 aromatic carbocycles. The second-order valence-electron chi connectivity index (χ2n) is 10.8. The maximum Gasteiger partial charge on any atom is 0.225 e. The van der Waals surface area contributed by atoms with Crippen LogP contribution in [0.25, 0.3) is 0 Å². The number of carbonyl (C=O) groups excluding carboxylic acids is 1. The summed E-state index contributed by atoms with van der Waals surface area (Å²) in [6, 6.07) is 0.303. The number of aliphatic imine (C=N–C) groups is 1. The molecule has 0 radical (unpaired) electrons. The van der Waals surface area contributed by atoms with E-state index in [1.54, 1.807) is 0 Å². The van der Waals surface area contributed by atoms with Crippen molar-refractivity contribution in [2.24, 2.45) is 10.9 Å². The number of piperidine rings is 2. The third-order valence-corrected chi connectivity index (χ3v) is 8.55. The molecule has 1 unspecified atom stereocenters. The molecule has 0 bridgehead atoms. The summed E-state index contributed by atoms with van der Waals surface area (Å²) >= 11 is 0. The molecule has 3 saturated heterocycles. The molecular formula is C25H46N6O. The van der Waals surface area contributed by atoms with Crippen LogP contribution < -0.4 is 10.6 Å². The Labute approximate surface area is 195 Å². The number of guanidine groups is 1. The van der Waals surface area contributed by atoms with Gasteiger partial charge in [0.15, 0.2) is 5.96 Å². The smallest absolute Gasteiger partial charge is 0.225 e. The van der Waals surface area contributed by atoms with Gasteiger partial charge < -0.3 is 20.4 Å². The molecular weight excluding hydrogens is 400 g/mol.